The predicted molar refractivity (Wildman–Crippen MR) is 116 cm³/mol. The summed E-state index contributed by atoms with van der Waals surface area (Å²) in [4.78, 5) is 12.0. The molecule has 1 atom stereocenters. The Balaban J connectivity index is 2.10. The summed E-state index contributed by atoms with van der Waals surface area (Å²) in [5.41, 5.74) is 4.70. The second-order valence-electron chi connectivity index (χ2n) is 6.32. The maximum Gasteiger partial charge on any atom is 0.339 e. The molecule has 1 unspecified atom stereocenters. The number of nitrogens with one attached hydrogen (secondary N) is 2. The molecule has 2 N–H and O–H groups in total. The molecule has 6 heteroatoms. The quantitative estimate of drug-likeness (QED) is 0.486. The van der Waals surface area contributed by atoms with Crippen molar-refractivity contribution in [1.82, 2.24) is 5.32 Å². The Hall–Kier alpha value is -2.11. The molecule has 0 saturated heterocycles. The largest absolute Gasteiger partial charge is 0.462 e. The molecule has 0 aliphatic carbocycles. The summed E-state index contributed by atoms with van der Waals surface area (Å²) in [6.45, 7) is 8.36. The van der Waals surface area contributed by atoms with Gasteiger partial charge in [-0.2, -0.15) is 0 Å². The van der Waals surface area contributed by atoms with E-state index in [0.717, 1.165) is 6.42 Å². The number of carbonyl (C=O) groups is 1. The van der Waals surface area contributed by atoms with Crippen LogP contribution in [-0.2, 0) is 4.74 Å². The van der Waals surface area contributed by atoms with E-state index in [0.29, 0.717) is 28.0 Å². The Labute approximate surface area is 171 Å². The Morgan fingerprint density at radius 1 is 1.15 bits per heavy atom. The van der Waals surface area contributed by atoms with E-state index < -0.39 is 5.97 Å². The van der Waals surface area contributed by atoms with Crippen molar-refractivity contribution in [2.75, 3.05) is 11.9 Å². The number of esters is 1. The fraction of sp³-hybridized carbons (Fsp3) is 0.333. The van der Waals surface area contributed by atoms with Crippen molar-refractivity contribution in [3.63, 3.8) is 0 Å². The number of hydrogen-bond acceptors (Lipinski definition) is 3. The smallest absolute Gasteiger partial charge is 0.339 e. The zero-order valence-corrected chi connectivity index (χ0v) is 17.6. The van der Waals surface area contributed by atoms with Crippen molar-refractivity contribution in [2.24, 2.45) is 0 Å². The molecule has 0 saturated carbocycles. The molecule has 0 aromatic heterocycles. The lowest BCUT2D eigenvalue weighted by Gasteiger charge is -2.21. The molecule has 2 aromatic rings. The molecule has 0 heterocycles. The van der Waals surface area contributed by atoms with Crippen LogP contribution in [0.5, 0.6) is 0 Å². The number of rotatable bonds is 6. The van der Waals surface area contributed by atoms with Gasteiger partial charge in [0.25, 0.3) is 0 Å². The topological polar surface area (TPSA) is 50.4 Å². The SMILES string of the molecule is CCOC(=O)c1cc(NC(=S)NC(CC)c2ccc(C)c(C)c2)ccc1Cl. The number of carbonyl (C=O) groups excluding carboxylic acids is 1. The molecule has 0 amide bonds. The first-order valence-corrected chi connectivity index (χ1v) is 9.75. The highest BCUT2D eigenvalue weighted by Gasteiger charge is 2.14. The lowest BCUT2D eigenvalue weighted by molar-refractivity contribution is 0.0526. The fourth-order valence-electron chi connectivity index (χ4n) is 2.70. The summed E-state index contributed by atoms with van der Waals surface area (Å²) in [6.07, 6.45) is 0.888. The highest BCUT2D eigenvalue weighted by molar-refractivity contribution is 7.80. The molecular formula is C21H25ClN2O2S. The maximum absolute atomic E-state index is 12.0. The van der Waals surface area contributed by atoms with E-state index in [1.807, 2.05) is 0 Å². The van der Waals surface area contributed by atoms with Crippen LogP contribution < -0.4 is 10.6 Å². The van der Waals surface area contributed by atoms with Crippen molar-refractivity contribution in [3.05, 3.63) is 63.7 Å². The molecule has 0 radical (unpaired) electrons. The van der Waals surface area contributed by atoms with Gasteiger partial charge in [-0.3, -0.25) is 0 Å². The van der Waals surface area contributed by atoms with Gasteiger partial charge in [0.2, 0.25) is 0 Å². The minimum atomic E-state index is -0.452. The Bertz CT molecular complexity index is 839. The number of hydrogen-bond donors (Lipinski definition) is 2. The Morgan fingerprint density at radius 2 is 1.89 bits per heavy atom. The molecule has 0 spiro atoms. The average molecular weight is 405 g/mol. The average Bonchev–Trinajstić information content (AvgIpc) is 2.63. The van der Waals surface area contributed by atoms with Crippen LogP contribution in [0.25, 0.3) is 0 Å². The summed E-state index contributed by atoms with van der Waals surface area (Å²) in [7, 11) is 0. The molecule has 0 bridgehead atoms. The number of thiocarbonyl (C=S) groups is 1. The van der Waals surface area contributed by atoms with Crippen molar-refractivity contribution in [1.29, 1.82) is 0 Å². The molecule has 0 aliphatic rings. The first-order valence-electron chi connectivity index (χ1n) is 8.97. The van der Waals surface area contributed by atoms with E-state index in [-0.39, 0.29) is 6.04 Å². The van der Waals surface area contributed by atoms with E-state index in [1.54, 1.807) is 25.1 Å². The van der Waals surface area contributed by atoms with Crippen molar-refractivity contribution in [3.8, 4) is 0 Å². The van der Waals surface area contributed by atoms with Crippen LogP contribution in [-0.4, -0.2) is 17.7 Å². The lowest BCUT2D eigenvalue weighted by Crippen LogP contribution is -2.32. The van der Waals surface area contributed by atoms with Crippen LogP contribution in [0.4, 0.5) is 5.69 Å². The first kappa shape index (κ1) is 21.2. The van der Waals surface area contributed by atoms with Crippen molar-refractivity contribution in [2.45, 2.75) is 40.2 Å². The number of anilines is 1. The fourth-order valence-corrected chi connectivity index (χ4v) is 3.15. The molecule has 27 heavy (non-hydrogen) atoms. The Morgan fingerprint density at radius 3 is 2.52 bits per heavy atom. The summed E-state index contributed by atoms with van der Waals surface area (Å²) in [5.74, 6) is -0.452. The van der Waals surface area contributed by atoms with Crippen molar-refractivity contribution >= 4 is 40.6 Å². The number of aryl methyl sites for hydroxylation is 2. The third-order valence-electron chi connectivity index (χ3n) is 4.37. The van der Waals surface area contributed by atoms with Gasteiger partial charge in [0.1, 0.15) is 0 Å². The van der Waals surface area contributed by atoms with Gasteiger partial charge in [-0.1, -0.05) is 36.7 Å². The van der Waals surface area contributed by atoms with Crippen molar-refractivity contribution < 1.29 is 9.53 Å². The van der Waals surface area contributed by atoms with Gasteiger partial charge in [-0.05, 0) is 74.3 Å². The molecule has 0 fully saturated rings. The third-order valence-corrected chi connectivity index (χ3v) is 4.92. The summed E-state index contributed by atoms with van der Waals surface area (Å²) < 4.78 is 5.03. The molecular weight excluding hydrogens is 380 g/mol. The van der Waals surface area contributed by atoms with E-state index in [9.17, 15) is 4.79 Å². The van der Waals surface area contributed by atoms with Gasteiger partial charge in [0.15, 0.2) is 5.11 Å². The van der Waals surface area contributed by atoms with Crippen LogP contribution in [0, 0.1) is 13.8 Å². The number of benzene rings is 2. The zero-order chi connectivity index (χ0) is 20.0. The summed E-state index contributed by atoms with van der Waals surface area (Å²) in [5, 5.41) is 7.29. The van der Waals surface area contributed by atoms with Gasteiger partial charge in [-0.25, -0.2) is 4.79 Å². The molecule has 4 nitrogen and oxygen atoms in total. The van der Waals surface area contributed by atoms with Crippen LogP contribution in [0.2, 0.25) is 5.02 Å². The van der Waals surface area contributed by atoms with Gasteiger partial charge in [0, 0.05) is 5.69 Å². The molecule has 144 valence electrons. The molecule has 0 aliphatic heterocycles. The molecule has 2 aromatic carbocycles. The number of ether oxygens (including phenoxy) is 1. The van der Waals surface area contributed by atoms with Crippen LogP contribution in [0.3, 0.4) is 0 Å². The maximum atomic E-state index is 12.0. The zero-order valence-electron chi connectivity index (χ0n) is 16.1. The third kappa shape index (κ3) is 5.68. The highest BCUT2D eigenvalue weighted by atomic mass is 35.5. The molecule has 2 rings (SSSR count). The minimum Gasteiger partial charge on any atom is -0.462 e. The van der Waals surface area contributed by atoms with Crippen LogP contribution in [0.15, 0.2) is 36.4 Å². The van der Waals surface area contributed by atoms with Gasteiger partial charge < -0.3 is 15.4 Å². The van der Waals surface area contributed by atoms with Gasteiger partial charge in [0.05, 0.1) is 23.2 Å². The minimum absolute atomic E-state index is 0.0983. The van der Waals surface area contributed by atoms with Crippen LogP contribution in [0.1, 0.15) is 53.4 Å². The van der Waals surface area contributed by atoms with Gasteiger partial charge >= 0.3 is 5.97 Å². The highest BCUT2D eigenvalue weighted by Crippen LogP contribution is 2.23. The lowest BCUT2D eigenvalue weighted by atomic mass is 9.99. The van der Waals surface area contributed by atoms with E-state index >= 15 is 0 Å². The van der Waals surface area contributed by atoms with E-state index in [2.05, 4.69) is 49.6 Å². The normalized spacial score (nSPS) is 11.6. The van der Waals surface area contributed by atoms with Gasteiger partial charge in [-0.15, -0.1) is 0 Å². The summed E-state index contributed by atoms with van der Waals surface area (Å²) in [6, 6.07) is 11.6. The van der Waals surface area contributed by atoms with E-state index in [4.69, 9.17) is 28.6 Å². The summed E-state index contributed by atoms with van der Waals surface area (Å²) >= 11 is 11.6. The predicted octanol–water partition coefficient (Wildman–Crippen LogP) is 5.57. The second-order valence-corrected chi connectivity index (χ2v) is 7.13. The van der Waals surface area contributed by atoms with E-state index in [1.165, 1.54) is 16.7 Å². The Kier molecular flexibility index (Phi) is 7.63. The second kappa shape index (κ2) is 9.72. The monoisotopic (exact) mass is 404 g/mol. The number of halogens is 1. The standard InChI is InChI=1S/C21H25ClN2O2S/c1-5-19(15-8-7-13(3)14(4)11-15)24-21(27)23-16-9-10-18(22)17(12-16)20(25)26-6-2/h7-12,19H,5-6H2,1-4H3,(H2,23,24,27). The first-order chi connectivity index (χ1) is 12.8. The van der Waals surface area contributed by atoms with Crippen LogP contribution >= 0.6 is 23.8 Å².